The zero-order valence-corrected chi connectivity index (χ0v) is 27.8. The minimum absolute atomic E-state index is 0. The molecule has 0 fully saturated rings. The number of amides is 1. The second-order valence-electron chi connectivity index (χ2n) is 12.2. The molecule has 0 saturated heterocycles. The van der Waals surface area contributed by atoms with Crippen LogP contribution in [0.2, 0.25) is 0 Å². The summed E-state index contributed by atoms with van der Waals surface area (Å²) in [7, 11) is 3.91. The van der Waals surface area contributed by atoms with Gasteiger partial charge in [-0.1, -0.05) is 13.8 Å². The summed E-state index contributed by atoms with van der Waals surface area (Å²) in [5.41, 5.74) is 4.29. The molecule has 10 heteroatoms. The fourth-order valence-corrected chi connectivity index (χ4v) is 5.57. The third-order valence-corrected chi connectivity index (χ3v) is 7.70. The molecule has 2 aromatic carbocycles. The molecule has 44 heavy (non-hydrogen) atoms. The largest absolute Gasteiger partial charge is 0.481 e. The number of hydrogen-bond acceptors (Lipinski definition) is 4. The van der Waals surface area contributed by atoms with Crippen LogP contribution in [-0.2, 0) is 16.0 Å². The van der Waals surface area contributed by atoms with Crippen LogP contribution in [0, 0.1) is 45.2 Å². The van der Waals surface area contributed by atoms with Crippen LogP contribution >= 0.6 is 13.5 Å². The highest BCUT2D eigenvalue weighted by Crippen LogP contribution is 2.34. The average Bonchev–Trinajstić information content (AvgIpc) is 2.87. The topological polar surface area (TPSA) is 91.6 Å². The Morgan fingerprint density at radius 2 is 1.57 bits per heavy atom. The van der Waals surface area contributed by atoms with E-state index in [-0.39, 0.29) is 41.9 Å². The summed E-state index contributed by atoms with van der Waals surface area (Å²) in [6.07, 6.45) is 2.14. The van der Waals surface area contributed by atoms with E-state index in [0.29, 0.717) is 35.1 Å². The monoisotopic (exact) mass is 629 g/mol. The standard InChI is InChI=1S/C34H43F2N3O4.H2S/c1-19(2)11-29(39-18-24(9-10-38(7)8)20(3)15-30(39)40)34(43)37-28(17-31(41)42)27-16-25(12-23(6)33(27)36)32-21(4)13-26(35)14-22(32)5;/h12-16,18-19,28-29H,9-11,17H2,1-8H3,(H,37,43)(H,41,42);1H2/t28-,29?;/m0./s1. The Balaban J connectivity index is 0.00000675. The Hall–Kier alpha value is -3.50. The maximum atomic E-state index is 15.7. The van der Waals surface area contributed by atoms with Gasteiger partial charge in [-0.25, -0.2) is 8.78 Å². The number of pyridine rings is 1. The number of hydrogen-bond donors (Lipinski definition) is 2. The summed E-state index contributed by atoms with van der Waals surface area (Å²) in [5.74, 6) is -2.78. The highest BCUT2D eigenvalue weighted by atomic mass is 32.1. The molecule has 0 aliphatic heterocycles. The minimum atomic E-state index is -1.22. The maximum Gasteiger partial charge on any atom is 0.305 e. The van der Waals surface area contributed by atoms with Gasteiger partial charge in [0.1, 0.15) is 17.7 Å². The van der Waals surface area contributed by atoms with Gasteiger partial charge < -0.3 is 19.9 Å². The van der Waals surface area contributed by atoms with Crippen LogP contribution in [-0.4, -0.2) is 47.1 Å². The highest BCUT2D eigenvalue weighted by molar-refractivity contribution is 7.59. The van der Waals surface area contributed by atoms with E-state index in [1.165, 1.54) is 28.8 Å². The summed E-state index contributed by atoms with van der Waals surface area (Å²) >= 11 is 0. The Morgan fingerprint density at radius 3 is 2.11 bits per heavy atom. The highest BCUT2D eigenvalue weighted by Gasteiger charge is 2.29. The first kappa shape index (κ1) is 36.7. The molecule has 0 aliphatic rings. The third-order valence-electron chi connectivity index (χ3n) is 7.70. The van der Waals surface area contributed by atoms with Gasteiger partial charge in [0.15, 0.2) is 0 Å². The molecule has 0 bridgehead atoms. The quantitative estimate of drug-likeness (QED) is 0.250. The summed E-state index contributed by atoms with van der Waals surface area (Å²) in [6.45, 7) is 11.6. The molecule has 1 heterocycles. The molecule has 7 nitrogen and oxygen atoms in total. The van der Waals surface area contributed by atoms with Crippen molar-refractivity contribution in [1.82, 2.24) is 14.8 Å². The van der Waals surface area contributed by atoms with Crippen molar-refractivity contribution in [2.24, 2.45) is 5.92 Å². The minimum Gasteiger partial charge on any atom is -0.481 e. The van der Waals surface area contributed by atoms with Crippen LogP contribution in [0.15, 0.2) is 41.3 Å². The lowest BCUT2D eigenvalue weighted by Gasteiger charge is -2.26. The van der Waals surface area contributed by atoms with Crippen molar-refractivity contribution < 1.29 is 23.5 Å². The molecule has 0 spiro atoms. The number of nitrogens with one attached hydrogen (secondary N) is 1. The number of rotatable bonds is 12. The first-order valence-corrected chi connectivity index (χ1v) is 14.5. The lowest BCUT2D eigenvalue weighted by Crippen LogP contribution is -2.40. The van der Waals surface area contributed by atoms with E-state index in [9.17, 15) is 23.9 Å². The van der Waals surface area contributed by atoms with Crippen molar-refractivity contribution in [2.75, 3.05) is 20.6 Å². The van der Waals surface area contributed by atoms with E-state index in [4.69, 9.17) is 0 Å². The van der Waals surface area contributed by atoms with Crippen molar-refractivity contribution in [3.05, 3.63) is 91.9 Å². The van der Waals surface area contributed by atoms with E-state index < -0.39 is 36.2 Å². The lowest BCUT2D eigenvalue weighted by atomic mass is 9.90. The number of aliphatic carboxylic acids is 1. The molecule has 2 N–H and O–H groups in total. The number of aromatic nitrogens is 1. The molecular formula is C34H45F2N3O4S. The molecule has 3 rings (SSSR count). The summed E-state index contributed by atoms with van der Waals surface area (Å²) in [5, 5.41) is 12.5. The second-order valence-corrected chi connectivity index (χ2v) is 12.2. The molecule has 240 valence electrons. The van der Waals surface area contributed by atoms with E-state index >= 15 is 4.39 Å². The second kappa shape index (κ2) is 15.5. The van der Waals surface area contributed by atoms with Crippen LogP contribution in [0.25, 0.3) is 11.1 Å². The van der Waals surface area contributed by atoms with Gasteiger partial charge in [-0.2, -0.15) is 13.5 Å². The Morgan fingerprint density at radius 1 is 0.955 bits per heavy atom. The van der Waals surface area contributed by atoms with Gasteiger partial charge in [-0.15, -0.1) is 0 Å². The number of likely N-dealkylation sites (N-methyl/N-ethyl adjacent to an activating group) is 1. The Bertz CT molecular complexity index is 1550. The van der Waals surface area contributed by atoms with Crippen molar-refractivity contribution in [1.29, 1.82) is 0 Å². The van der Waals surface area contributed by atoms with Crippen molar-refractivity contribution in [3.8, 4) is 11.1 Å². The summed E-state index contributed by atoms with van der Waals surface area (Å²) in [6, 6.07) is 5.30. The van der Waals surface area contributed by atoms with E-state index in [1.807, 2.05) is 39.8 Å². The summed E-state index contributed by atoms with van der Waals surface area (Å²) in [4.78, 5) is 41.1. The molecule has 1 aromatic heterocycles. The number of aryl methyl sites for hydroxylation is 4. The van der Waals surface area contributed by atoms with Gasteiger partial charge in [0.25, 0.3) is 5.56 Å². The predicted molar refractivity (Wildman–Crippen MR) is 176 cm³/mol. The zero-order chi connectivity index (χ0) is 32.2. The molecule has 1 amide bonds. The van der Waals surface area contributed by atoms with Crippen molar-refractivity contribution in [2.45, 2.75) is 72.9 Å². The fraction of sp³-hybridized carbons (Fsp3) is 0.441. The van der Waals surface area contributed by atoms with Crippen LogP contribution in [0.3, 0.4) is 0 Å². The van der Waals surface area contributed by atoms with E-state index in [1.54, 1.807) is 33.0 Å². The van der Waals surface area contributed by atoms with Gasteiger partial charge >= 0.3 is 5.97 Å². The molecule has 2 atom stereocenters. The SMILES string of the molecule is Cc1cc(=O)n(C(CC(C)C)C(=O)N[C@@H](CC(=O)O)c2cc(-c3c(C)cc(F)cc3C)cc(C)c2F)cc1CCN(C)C.S. The van der Waals surface area contributed by atoms with E-state index in [0.717, 1.165) is 17.7 Å². The Labute approximate surface area is 265 Å². The smallest absolute Gasteiger partial charge is 0.305 e. The lowest BCUT2D eigenvalue weighted by molar-refractivity contribution is -0.138. The third kappa shape index (κ3) is 9.01. The number of carboxylic acids is 1. The molecule has 0 saturated carbocycles. The number of carboxylic acid groups (broad SMARTS) is 1. The molecule has 0 aliphatic carbocycles. The van der Waals surface area contributed by atoms with Crippen molar-refractivity contribution >= 4 is 25.4 Å². The normalized spacial score (nSPS) is 12.6. The fourth-order valence-electron chi connectivity index (χ4n) is 5.57. The van der Waals surface area contributed by atoms with Gasteiger partial charge in [-0.05, 0) is 124 Å². The Kier molecular flexibility index (Phi) is 12.9. The first-order chi connectivity index (χ1) is 20.1. The number of nitrogens with zero attached hydrogens (tertiary/aromatic N) is 2. The summed E-state index contributed by atoms with van der Waals surface area (Å²) < 4.78 is 31.1. The number of carbonyl (C=O) groups excluding carboxylic acids is 1. The van der Waals surface area contributed by atoms with Crippen LogP contribution < -0.4 is 10.9 Å². The average molecular weight is 630 g/mol. The van der Waals surface area contributed by atoms with Gasteiger partial charge in [0.2, 0.25) is 5.91 Å². The number of halogens is 2. The maximum absolute atomic E-state index is 15.7. The van der Waals surface area contributed by atoms with Gasteiger partial charge in [-0.3, -0.25) is 14.4 Å². The van der Waals surface area contributed by atoms with Crippen molar-refractivity contribution in [3.63, 3.8) is 0 Å². The number of benzene rings is 2. The van der Waals surface area contributed by atoms with Crippen LogP contribution in [0.1, 0.15) is 72.2 Å². The van der Waals surface area contributed by atoms with Crippen LogP contribution in [0.4, 0.5) is 8.78 Å². The first-order valence-electron chi connectivity index (χ1n) is 14.5. The predicted octanol–water partition coefficient (Wildman–Crippen LogP) is 6.16. The molecule has 3 aromatic rings. The number of carbonyl (C=O) groups is 2. The van der Waals surface area contributed by atoms with E-state index in [2.05, 4.69) is 5.32 Å². The van der Waals surface area contributed by atoms with Crippen LogP contribution in [0.5, 0.6) is 0 Å². The van der Waals surface area contributed by atoms with Gasteiger partial charge in [0, 0.05) is 24.4 Å². The molecular weight excluding hydrogens is 584 g/mol. The van der Waals surface area contributed by atoms with Gasteiger partial charge in [0.05, 0.1) is 12.5 Å². The molecule has 0 radical (unpaired) electrons. The molecule has 1 unspecified atom stereocenters. The zero-order valence-electron chi connectivity index (χ0n) is 26.8.